The van der Waals surface area contributed by atoms with Crippen molar-refractivity contribution in [2.75, 3.05) is 13.7 Å². The first-order valence-corrected chi connectivity index (χ1v) is 10.6. The molecule has 32 heavy (non-hydrogen) atoms. The van der Waals surface area contributed by atoms with Crippen LogP contribution in [0, 0.1) is 11.7 Å². The van der Waals surface area contributed by atoms with Gasteiger partial charge in [-0.15, -0.1) is 0 Å². The molecule has 168 valence electrons. The zero-order valence-corrected chi connectivity index (χ0v) is 18.4. The van der Waals surface area contributed by atoms with Crippen LogP contribution in [0.3, 0.4) is 0 Å². The number of amides is 1. The molecule has 0 spiro atoms. The molecule has 7 nitrogen and oxygen atoms in total. The van der Waals surface area contributed by atoms with Gasteiger partial charge in [-0.2, -0.15) is 4.98 Å². The molecular weight excluding hydrogens is 413 g/mol. The van der Waals surface area contributed by atoms with Gasteiger partial charge in [0.15, 0.2) is 11.6 Å². The number of rotatable bonds is 8. The van der Waals surface area contributed by atoms with Crippen LogP contribution < -0.4 is 9.47 Å². The summed E-state index contributed by atoms with van der Waals surface area (Å²) >= 11 is 0. The normalized spacial score (nSPS) is 16.1. The molecule has 0 aliphatic carbocycles. The summed E-state index contributed by atoms with van der Waals surface area (Å²) in [5.41, 5.74) is 1.46. The Morgan fingerprint density at radius 1 is 1.22 bits per heavy atom. The molecule has 0 N–H and O–H groups in total. The Kier molecular flexibility index (Phi) is 6.39. The highest BCUT2D eigenvalue weighted by Crippen LogP contribution is 2.34. The number of nitrogens with zero attached hydrogens (tertiary/aromatic N) is 3. The van der Waals surface area contributed by atoms with Crippen LogP contribution in [-0.2, 0) is 11.3 Å². The number of carbonyl (C=O) groups excluding carboxylic acids is 1. The van der Waals surface area contributed by atoms with Crippen LogP contribution in [0.1, 0.15) is 44.2 Å². The second-order valence-corrected chi connectivity index (χ2v) is 8.23. The summed E-state index contributed by atoms with van der Waals surface area (Å²) in [6.45, 7) is 5.09. The first-order chi connectivity index (χ1) is 15.4. The molecule has 1 fully saturated rings. The fourth-order valence-electron chi connectivity index (χ4n) is 3.64. The first kappa shape index (κ1) is 21.8. The van der Waals surface area contributed by atoms with Crippen LogP contribution in [-0.4, -0.2) is 34.7 Å². The largest absolute Gasteiger partial charge is 0.494 e. The molecule has 4 rings (SSSR count). The summed E-state index contributed by atoms with van der Waals surface area (Å²) in [6, 6.07) is 11.8. The van der Waals surface area contributed by atoms with Crippen molar-refractivity contribution in [1.82, 2.24) is 15.0 Å². The number of benzene rings is 2. The molecular formula is C24H26FN3O4. The van der Waals surface area contributed by atoms with Gasteiger partial charge in [-0.3, -0.25) is 4.79 Å². The molecule has 1 saturated heterocycles. The second kappa shape index (κ2) is 9.38. The number of hydrogen-bond donors (Lipinski definition) is 0. The van der Waals surface area contributed by atoms with Crippen LogP contribution in [0.2, 0.25) is 0 Å². The number of hydrogen-bond acceptors (Lipinski definition) is 6. The van der Waals surface area contributed by atoms with Gasteiger partial charge in [-0.25, -0.2) is 4.39 Å². The lowest BCUT2D eigenvalue weighted by Crippen LogP contribution is -2.27. The van der Waals surface area contributed by atoms with E-state index in [2.05, 4.69) is 24.0 Å². The van der Waals surface area contributed by atoms with Crippen molar-refractivity contribution >= 4 is 5.91 Å². The smallest absolute Gasteiger partial charge is 0.249 e. The fraction of sp³-hybridized carbons (Fsp3) is 0.375. The molecule has 0 bridgehead atoms. The third-order valence-corrected chi connectivity index (χ3v) is 5.32. The molecule has 1 aromatic heterocycles. The van der Waals surface area contributed by atoms with E-state index in [-0.39, 0.29) is 24.2 Å². The number of aromatic nitrogens is 2. The zero-order chi connectivity index (χ0) is 22.7. The van der Waals surface area contributed by atoms with Crippen molar-refractivity contribution in [3.05, 3.63) is 59.7 Å². The maximum absolute atomic E-state index is 14.1. The Labute approximate surface area is 186 Å². The highest BCUT2D eigenvalue weighted by molar-refractivity contribution is 5.78. The lowest BCUT2D eigenvalue weighted by molar-refractivity contribution is -0.130. The molecule has 1 amide bonds. The standard InChI is InChI=1S/C24H26FN3O4/c1-15(2)14-31-18-7-5-17(6-8-18)23-26-24(32-27-23)20-9-11-22(29)28(20)13-16-4-10-21(30-3)19(25)12-16/h4-8,10,12,15,20H,9,11,13-14H2,1-3H3. The second-order valence-electron chi connectivity index (χ2n) is 8.23. The number of ether oxygens (including phenoxy) is 2. The number of likely N-dealkylation sites (tertiary alicyclic amines) is 1. The van der Waals surface area contributed by atoms with Gasteiger partial charge in [-0.05, 0) is 54.3 Å². The molecule has 1 unspecified atom stereocenters. The van der Waals surface area contributed by atoms with Crippen molar-refractivity contribution in [2.24, 2.45) is 5.92 Å². The number of methoxy groups -OCH3 is 1. The third kappa shape index (κ3) is 4.74. The van der Waals surface area contributed by atoms with Crippen LogP contribution >= 0.6 is 0 Å². The fourth-order valence-corrected chi connectivity index (χ4v) is 3.64. The van der Waals surface area contributed by atoms with Crippen LogP contribution in [0.5, 0.6) is 11.5 Å². The molecule has 2 heterocycles. The van der Waals surface area contributed by atoms with E-state index in [0.717, 1.165) is 11.3 Å². The first-order valence-electron chi connectivity index (χ1n) is 10.6. The predicted molar refractivity (Wildman–Crippen MR) is 116 cm³/mol. The summed E-state index contributed by atoms with van der Waals surface area (Å²) in [4.78, 5) is 18.7. The molecule has 8 heteroatoms. The van der Waals surface area contributed by atoms with Crippen LogP contribution in [0.15, 0.2) is 47.0 Å². The molecule has 2 aromatic carbocycles. The minimum absolute atomic E-state index is 0.0300. The van der Waals surface area contributed by atoms with Crippen molar-refractivity contribution in [3.63, 3.8) is 0 Å². The van der Waals surface area contributed by atoms with E-state index in [1.807, 2.05) is 24.3 Å². The van der Waals surface area contributed by atoms with Gasteiger partial charge in [0, 0.05) is 18.5 Å². The van der Waals surface area contributed by atoms with Crippen molar-refractivity contribution in [3.8, 4) is 22.9 Å². The Bertz CT molecular complexity index is 1080. The minimum atomic E-state index is -0.464. The van der Waals surface area contributed by atoms with Crippen molar-refractivity contribution in [1.29, 1.82) is 0 Å². The van der Waals surface area contributed by atoms with E-state index in [0.29, 0.717) is 42.6 Å². The van der Waals surface area contributed by atoms with Gasteiger partial charge in [0.25, 0.3) is 0 Å². The van der Waals surface area contributed by atoms with E-state index < -0.39 is 5.82 Å². The monoisotopic (exact) mass is 439 g/mol. The summed E-state index contributed by atoms with van der Waals surface area (Å²) in [5.74, 6) is 1.73. The Morgan fingerprint density at radius 3 is 2.69 bits per heavy atom. The van der Waals surface area contributed by atoms with Gasteiger partial charge >= 0.3 is 0 Å². The quantitative estimate of drug-likeness (QED) is 0.503. The summed E-state index contributed by atoms with van der Waals surface area (Å²) in [7, 11) is 1.41. The molecule has 0 saturated carbocycles. The SMILES string of the molecule is COc1ccc(CN2C(=O)CCC2c2nc(-c3ccc(OCC(C)C)cc3)no2)cc1F. The number of halogens is 1. The summed E-state index contributed by atoms with van der Waals surface area (Å²) in [5, 5.41) is 4.10. The average Bonchev–Trinajstić information content (AvgIpc) is 3.40. The molecule has 1 aliphatic rings. The number of carbonyl (C=O) groups is 1. The highest BCUT2D eigenvalue weighted by atomic mass is 19.1. The van der Waals surface area contributed by atoms with E-state index in [4.69, 9.17) is 14.0 Å². The van der Waals surface area contributed by atoms with Crippen LogP contribution in [0.25, 0.3) is 11.4 Å². The Morgan fingerprint density at radius 2 is 2.00 bits per heavy atom. The lowest BCUT2D eigenvalue weighted by Gasteiger charge is -2.22. The maximum Gasteiger partial charge on any atom is 0.249 e. The predicted octanol–water partition coefficient (Wildman–Crippen LogP) is 4.78. The van der Waals surface area contributed by atoms with Gasteiger partial charge in [0.1, 0.15) is 11.8 Å². The maximum atomic E-state index is 14.1. The highest BCUT2D eigenvalue weighted by Gasteiger charge is 2.36. The van der Waals surface area contributed by atoms with Gasteiger partial charge in [0.2, 0.25) is 17.6 Å². The third-order valence-electron chi connectivity index (χ3n) is 5.32. The van der Waals surface area contributed by atoms with E-state index in [9.17, 15) is 9.18 Å². The summed E-state index contributed by atoms with van der Waals surface area (Å²) in [6.07, 6.45) is 0.948. The average molecular weight is 439 g/mol. The van der Waals surface area contributed by atoms with Gasteiger partial charge < -0.3 is 18.9 Å². The Balaban J connectivity index is 1.48. The molecule has 3 aromatic rings. The topological polar surface area (TPSA) is 77.7 Å². The minimum Gasteiger partial charge on any atom is -0.494 e. The molecule has 1 aliphatic heterocycles. The Hall–Kier alpha value is -3.42. The van der Waals surface area contributed by atoms with Crippen molar-refractivity contribution in [2.45, 2.75) is 39.3 Å². The molecule has 0 radical (unpaired) electrons. The van der Waals surface area contributed by atoms with Crippen LogP contribution in [0.4, 0.5) is 4.39 Å². The zero-order valence-electron chi connectivity index (χ0n) is 18.4. The van der Waals surface area contributed by atoms with Gasteiger partial charge in [-0.1, -0.05) is 25.1 Å². The molecule has 1 atom stereocenters. The van der Waals surface area contributed by atoms with Crippen molar-refractivity contribution < 1.29 is 23.2 Å². The van der Waals surface area contributed by atoms with E-state index in [1.165, 1.54) is 13.2 Å². The van der Waals surface area contributed by atoms with E-state index in [1.54, 1.807) is 17.0 Å². The van der Waals surface area contributed by atoms with E-state index >= 15 is 0 Å². The lowest BCUT2D eigenvalue weighted by atomic mass is 10.1. The van der Waals surface area contributed by atoms with Gasteiger partial charge in [0.05, 0.1) is 13.7 Å². The summed E-state index contributed by atoms with van der Waals surface area (Å²) < 4.78 is 30.2.